The predicted octanol–water partition coefficient (Wildman–Crippen LogP) is 0.936. The summed E-state index contributed by atoms with van der Waals surface area (Å²) >= 11 is 0. The molecule has 58 valence electrons. The van der Waals surface area contributed by atoms with Crippen molar-refractivity contribution in [2.45, 2.75) is 37.9 Å². The summed E-state index contributed by atoms with van der Waals surface area (Å²) in [7, 11) is 0. The van der Waals surface area contributed by atoms with Crippen LogP contribution in [0.15, 0.2) is 0 Å². The lowest BCUT2D eigenvalue weighted by atomic mass is 9.94. The van der Waals surface area contributed by atoms with Gasteiger partial charge in [0, 0.05) is 0 Å². The molecule has 0 radical (unpaired) electrons. The Hall–Kier alpha value is -0.0800. The van der Waals surface area contributed by atoms with Gasteiger partial charge in [-0.3, -0.25) is 0 Å². The maximum atomic E-state index is 9.31. The molecule has 1 saturated heterocycles. The van der Waals surface area contributed by atoms with Crippen molar-refractivity contribution in [3.8, 4) is 0 Å². The first-order chi connectivity index (χ1) is 4.72. The van der Waals surface area contributed by atoms with Gasteiger partial charge in [-0.2, -0.15) is 0 Å². The van der Waals surface area contributed by atoms with E-state index in [1.807, 2.05) is 0 Å². The van der Waals surface area contributed by atoms with Crippen LogP contribution in [-0.2, 0) is 4.74 Å². The third kappa shape index (κ3) is 0.956. The molecule has 2 fully saturated rings. The zero-order chi connectivity index (χ0) is 7.19. The summed E-state index contributed by atoms with van der Waals surface area (Å²) in [6, 6.07) is 0. The van der Waals surface area contributed by atoms with Crippen LogP contribution in [0, 0.1) is 5.92 Å². The number of ether oxygens (including phenoxy) is 1. The van der Waals surface area contributed by atoms with Crippen molar-refractivity contribution in [3.05, 3.63) is 0 Å². The Bertz CT molecular complexity index is 140. The SMILES string of the molecule is C[C@H]1CC2(CC2)OC[C@@H]1O. The minimum Gasteiger partial charge on any atom is -0.390 e. The van der Waals surface area contributed by atoms with E-state index in [2.05, 4.69) is 6.92 Å². The van der Waals surface area contributed by atoms with Crippen LogP contribution in [0.4, 0.5) is 0 Å². The topological polar surface area (TPSA) is 29.5 Å². The molecule has 0 unspecified atom stereocenters. The molecule has 1 N–H and O–H groups in total. The minimum atomic E-state index is -0.216. The Kier molecular flexibility index (Phi) is 1.29. The van der Waals surface area contributed by atoms with Crippen molar-refractivity contribution >= 4 is 0 Å². The molecule has 0 aromatic heterocycles. The first-order valence-electron chi connectivity index (χ1n) is 4.04. The summed E-state index contributed by atoms with van der Waals surface area (Å²) < 4.78 is 5.51. The third-order valence-corrected chi connectivity index (χ3v) is 2.72. The van der Waals surface area contributed by atoms with Crippen LogP contribution in [0.5, 0.6) is 0 Å². The molecule has 10 heavy (non-hydrogen) atoms. The van der Waals surface area contributed by atoms with E-state index in [1.54, 1.807) is 0 Å². The van der Waals surface area contributed by atoms with Crippen LogP contribution in [-0.4, -0.2) is 23.4 Å². The number of aliphatic hydroxyl groups is 1. The molecule has 1 spiro atoms. The van der Waals surface area contributed by atoms with Gasteiger partial charge >= 0.3 is 0 Å². The molecule has 1 heterocycles. The molecule has 0 aromatic rings. The first kappa shape index (κ1) is 6.62. The Morgan fingerprint density at radius 1 is 1.50 bits per heavy atom. The first-order valence-corrected chi connectivity index (χ1v) is 4.04. The Labute approximate surface area is 61.2 Å². The summed E-state index contributed by atoms with van der Waals surface area (Å²) in [5, 5.41) is 9.31. The van der Waals surface area contributed by atoms with Gasteiger partial charge in [0.1, 0.15) is 0 Å². The number of aliphatic hydroxyl groups excluding tert-OH is 1. The molecule has 2 aliphatic rings. The van der Waals surface area contributed by atoms with Crippen LogP contribution in [0.1, 0.15) is 26.2 Å². The fraction of sp³-hybridized carbons (Fsp3) is 1.00. The van der Waals surface area contributed by atoms with E-state index in [-0.39, 0.29) is 11.7 Å². The van der Waals surface area contributed by atoms with Gasteiger partial charge in [-0.25, -0.2) is 0 Å². The molecular weight excluding hydrogens is 128 g/mol. The number of rotatable bonds is 0. The summed E-state index contributed by atoms with van der Waals surface area (Å²) in [6.07, 6.45) is 3.27. The third-order valence-electron chi connectivity index (χ3n) is 2.72. The van der Waals surface area contributed by atoms with E-state index in [0.717, 1.165) is 6.42 Å². The molecule has 0 bridgehead atoms. The van der Waals surface area contributed by atoms with Crippen LogP contribution < -0.4 is 0 Å². The molecule has 1 aliphatic carbocycles. The van der Waals surface area contributed by atoms with E-state index in [4.69, 9.17) is 4.74 Å². The fourth-order valence-corrected chi connectivity index (χ4v) is 1.70. The highest BCUT2D eigenvalue weighted by molar-refractivity contribution is 5.00. The average Bonchev–Trinajstić information content (AvgIpc) is 2.62. The Balaban J connectivity index is 1.98. The van der Waals surface area contributed by atoms with Crippen molar-refractivity contribution in [1.82, 2.24) is 0 Å². The van der Waals surface area contributed by atoms with E-state index in [1.165, 1.54) is 12.8 Å². The number of hydrogen-bond acceptors (Lipinski definition) is 2. The van der Waals surface area contributed by atoms with Gasteiger partial charge in [0.15, 0.2) is 0 Å². The van der Waals surface area contributed by atoms with Crippen LogP contribution in [0.2, 0.25) is 0 Å². The van der Waals surface area contributed by atoms with Gasteiger partial charge in [-0.05, 0) is 25.2 Å². The maximum Gasteiger partial charge on any atom is 0.0800 e. The largest absolute Gasteiger partial charge is 0.390 e. The Morgan fingerprint density at radius 2 is 2.20 bits per heavy atom. The van der Waals surface area contributed by atoms with Crippen molar-refractivity contribution < 1.29 is 9.84 Å². The van der Waals surface area contributed by atoms with E-state index in [0.29, 0.717) is 12.5 Å². The molecule has 2 heteroatoms. The molecule has 1 saturated carbocycles. The van der Waals surface area contributed by atoms with Gasteiger partial charge in [0.05, 0.1) is 18.3 Å². The summed E-state index contributed by atoms with van der Waals surface area (Å²) in [6.45, 7) is 2.66. The lowest BCUT2D eigenvalue weighted by Crippen LogP contribution is -2.37. The highest BCUT2D eigenvalue weighted by Gasteiger charge is 2.48. The normalized spacial score (nSPS) is 43.8. The molecule has 2 atom stereocenters. The second-order valence-corrected chi connectivity index (χ2v) is 3.74. The second-order valence-electron chi connectivity index (χ2n) is 3.74. The summed E-state index contributed by atoms with van der Waals surface area (Å²) in [5.74, 6) is 0.441. The quantitative estimate of drug-likeness (QED) is 0.545. The average molecular weight is 142 g/mol. The predicted molar refractivity (Wildman–Crippen MR) is 37.7 cm³/mol. The highest BCUT2D eigenvalue weighted by Crippen LogP contribution is 2.47. The zero-order valence-electron chi connectivity index (χ0n) is 6.34. The van der Waals surface area contributed by atoms with Crippen LogP contribution >= 0.6 is 0 Å². The lowest BCUT2D eigenvalue weighted by Gasteiger charge is -2.31. The van der Waals surface area contributed by atoms with Gasteiger partial charge in [0.25, 0.3) is 0 Å². The van der Waals surface area contributed by atoms with Gasteiger partial charge in [-0.15, -0.1) is 0 Å². The van der Waals surface area contributed by atoms with Crippen molar-refractivity contribution in [3.63, 3.8) is 0 Å². The molecule has 0 amide bonds. The Morgan fingerprint density at radius 3 is 2.70 bits per heavy atom. The monoisotopic (exact) mass is 142 g/mol. The minimum absolute atomic E-state index is 0.216. The molecule has 2 nitrogen and oxygen atoms in total. The van der Waals surface area contributed by atoms with E-state index < -0.39 is 0 Å². The smallest absolute Gasteiger partial charge is 0.0800 e. The van der Waals surface area contributed by atoms with Gasteiger partial charge in [0.2, 0.25) is 0 Å². The summed E-state index contributed by atoms with van der Waals surface area (Å²) in [4.78, 5) is 0. The van der Waals surface area contributed by atoms with Gasteiger partial charge < -0.3 is 9.84 Å². The summed E-state index contributed by atoms with van der Waals surface area (Å²) in [5.41, 5.74) is 0.221. The molecule has 1 aliphatic heterocycles. The van der Waals surface area contributed by atoms with E-state index in [9.17, 15) is 5.11 Å². The standard InChI is InChI=1S/C8H14O2/c1-6-4-8(2-3-8)10-5-7(6)9/h6-7,9H,2-5H2,1H3/t6-,7-/m0/s1. The van der Waals surface area contributed by atoms with Gasteiger partial charge in [-0.1, -0.05) is 6.92 Å². The van der Waals surface area contributed by atoms with Crippen LogP contribution in [0.3, 0.4) is 0 Å². The molecule has 0 aromatic carbocycles. The second kappa shape index (κ2) is 1.95. The van der Waals surface area contributed by atoms with Crippen molar-refractivity contribution in [2.24, 2.45) is 5.92 Å². The van der Waals surface area contributed by atoms with Crippen molar-refractivity contribution in [1.29, 1.82) is 0 Å². The van der Waals surface area contributed by atoms with Crippen LogP contribution in [0.25, 0.3) is 0 Å². The number of hydrogen-bond donors (Lipinski definition) is 1. The highest BCUT2D eigenvalue weighted by atomic mass is 16.5. The lowest BCUT2D eigenvalue weighted by molar-refractivity contribution is -0.0970. The van der Waals surface area contributed by atoms with E-state index >= 15 is 0 Å². The zero-order valence-corrected chi connectivity index (χ0v) is 6.34. The maximum absolute atomic E-state index is 9.31. The molecular formula is C8H14O2. The fourth-order valence-electron chi connectivity index (χ4n) is 1.70. The van der Waals surface area contributed by atoms with Crippen molar-refractivity contribution in [2.75, 3.05) is 6.61 Å². The molecule has 2 rings (SSSR count).